The first kappa shape index (κ1) is 9.77. The molecule has 78 valence electrons. The molecule has 1 N–H and O–H groups in total. The van der Waals surface area contributed by atoms with Crippen LogP contribution in [0.1, 0.15) is 16.8 Å². The Labute approximate surface area is 88.6 Å². The number of rotatable bonds is 3. The van der Waals surface area contributed by atoms with E-state index in [9.17, 15) is 4.79 Å². The summed E-state index contributed by atoms with van der Waals surface area (Å²) >= 11 is 0. The zero-order valence-corrected chi connectivity index (χ0v) is 8.55. The van der Waals surface area contributed by atoms with Crippen molar-refractivity contribution in [2.24, 2.45) is 0 Å². The predicted molar refractivity (Wildman–Crippen MR) is 59.3 cm³/mol. The van der Waals surface area contributed by atoms with E-state index in [4.69, 9.17) is 5.11 Å². The molecule has 2 rings (SSSR count). The number of carboxylic acid groups (broad SMARTS) is 1. The molecule has 0 aliphatic heterocycles. The van der Waals surface area contributed by atoms with Crippen molar-refractivity contribution >= 4 is 11.7 Å². The van der Waals surface area contributed by atoms with Gasteiger partial charge >= 0.3 is 5.97 Å². The number of aromatic carboxylic acids is 1. The van der Waals surface area contributed by atoms with Gasteiger partial charge < -0.3 is 10.0 Å². The van der Waals surface area contributed by atoms with Crippen LogP contribution in [0.25, 0.3) is 0 Å². The van der Waals surface area contributed by atoms with Gasteiger partial charge in [0, 0.05) is 12.7 Å². The van der Waals surface area contributed by atoms with Crippen molar-refractivity contribution in [2.45, 2.75) is 12.5 Å². The van der Waals surface area contributed by atoms with Crippen LogP contribution in [-0.4, -0.2) is 24.2 Å². The van der Waals surface area contributed by atoms with Gasteiger partial charge in [-0.15, -0.1) is 0 Å². The van der Waals surface area contributed by atoms with Crippen molar-refractivity contribution in [3.63, 3.8) is 0 Å². The molecule has 0 amide bonds. The van der Waals surface area contributed by atoms with E-state index in [1.807, 2.05) is 19.2 Å². The number of hydrogen-bond acceptors (Lipinski definition) is 2. The van der Waals surface area contributed by atoms with Gasteiger partial charge in [0.15, 0.2) is 0 Å². The SMILES string of the molecule is CN(c1ccc(C(=O)O)cc1)C1C=CC1. The minimum atomic E-state index is -0.882. The molecule has 0 radical (unpaired) electrons. The quantitative estimate of drug-likeness (QED) is 0.765. The maximum atomic E-state index is 10.7. The highest BCUT2D eigenvalue weighted by Gasteiger charge is 2.16. The Kier molecular flexibility index (Phi) is 2.46. The van der Waals surface area contributed by atoms with Gasteiger partial charge in [0.2, 0.25) is 0 Å². The summed E-state index contributed by atoms with van der Waals surface area (Å²) in [5, 5.41) is 8.76. The Hall–Kier alpha value is -1.77. The largest absolute Gasteiger partial charge is 0.478 e. The Bertz CT molecular complexity index is 395. The van der Waals surface area contributed by atoms with Crippen LogP contribution in [0.4, 0.5) is 5.69 Å². The molecule has 1 aromatic rings. The third-order valence-electron chi connectivity index (χ3n) is 2.75. The minimum Gasteiger partial charge on any atom is -0.478 e. The van der Waals surface area contributed by atoms with Gasteiger partial charge in [-0.05, 0) is 30.7 Å². The summed E-state index contributed by atoms with van der Waals surface area (Å²) in [5.74, 6) is -0.882. The summed E-state index contributed by atoms with van der Waals surface area (Å²) in [7, 11) is 2.02. The number of carboxylic acids is 1. The predicted octanol–water partition coefficient (Wildman–Crippen LogP) is 2.15. The fraction of sp³-hybridized carbons (Fsp3) is 0.250. The smallest absolute Gasteiger partial charge is 0.335 e. The molecule has 0 aromatic heterocycles. The van der Waals surface area contributed by atoms with Crippen molar-refractivity contribution in [3.8, 4) is 0 Å². The van der Waals surface area contributed by atoms with Gasteiger partial charge in [0.05, 0.1) is 11.6 Å². The van der Waals surface area contributed by atoms with Crippen molar-refractivity contribution in [3.05, 3.63) is 42.0 Å². The standard InChI is InChI=1S/C12H13NO2/c1-13(10-3-2-4-10)11-7-5-9(6-8-11)12(14)15/h2-3,5-8,10H,4H2,1H3,(H,14,15). The average molecular weight is 203 g/mol. The Balaban J connectivity index is 2.15. The van der Waals surface area contributed by atoms with E-state index in [0.717, 1.165) is 12.1 Å². The molecule has 15 heavy (non-hydrogen) atoms. The van der Waals surface area contributed by atoms with Crippen LogP contribution in [0.5, 0.6) is 0 Å². The Morgan fingerprint density at radius 2 is 2.00 bits per heavy atom. The zero-order valence-electron chi connectivity index (χ0n) is 8.55. The Morgan fingerprint density at radius 3 is 2.40 bits per heavy atom. The molecule has 0 saturated carbocycles. The van der Waals surface area contributed by atoms with E-state index in [2.05, 4.69) is 17.1 Å². The molecule has 0 bridgehead atoms. The normalized spacial score (nSPS) is 18.3. The topological polar surface area (TPSA) is 40.5 Å². The third kappa shape index (κ3) is 1.86. The number of carbonyl (C=O) groups is 1. The molecule has 3 nitrogen and oxygen atoms in total. The first-order chi connectivity index (χ1) is 7.18. The van der Waals surface area contributed by atoms with Gasteiger partial charge in [-0.1, -0.05) is 12.2 Å². The lowest BCUT2D eigenvalue weighted by molar-refractivity contribution is 0.0697. The molecule has 0 spiro atoms. The first-order valence-corrected chi connectivity index (χ1v) is 4.91. The highest BCUT2D eigenvalue weighted by molar-refractivity contribution is 5.88. The van der Waals surface area contributed by atoms with Crippen molar-refractivity contribution in [1.82, 2.24) is 0 Å². The summed E-state index contributed by atoms with van der Waals surface area (Å²) in [6.07, 6.45) is 5.34. The van der Waals surface area contributed by atoms with Crippen LogP contribution < -0.4 is 4.90 Å². The van der Waals surface area contributed by atoms with Gasteiger partial charge in [0.1, 0.15) is 0 Å². The number of anilines is 1. The van der Waals surface area contributed by atoms with E-state index in [1.54, 1.807) is 12.1 Å². The van der Waals surface area contributed by atoms with Crippen LogP contribution in [0.3, 0.4) is 0 Å². The van der Waals surface area contributed by atoms with E-state index < -0.39 is 5.97 Å². The molecule has 1 atom stereocenters. The van der Waals surface area contributed by atoms with E-state index in [-0.39, 0.29) is 0 Å². The van der Waals surface area contributed by atoms with Crippen LogP contribution in [-0.2, 0) is 0 Å². The highest BCUT2D eigenvalue weighted by Crippen LogP contribution is 2.22. The van der Waals surface area contributed by atoms with Gasteiger partial charge in [-0.2, -0.15) is 0 Å². The Morgan fingerprint density at radius 1 is 1.40 bits per heavy atom. The fourth-order valence-corrected chi connectivity index (χ4v) is 1.58. The van der Waals surface area contributed by atoms with Crippen molar-refractivity contribution in [1.29, 1.82) is 0 Å². The second kappa shape index (κ2) is 3.77. The number of likely N-dealkylation sites (N-methyl/N-ethyl adjacent to an activating group) is 1. The molecule has 0 heterocycles. The van der Waals surface area contributed by atoms with Crippen LogP contribution in [0.15, 0.2) is 36.4 Å². The number of hydrogen-bond donors (Lipinski definition) is 1. The maximum absolute atomic E-state index is 10.7. The lowest BCUT2D eigenvalue weighted by Gasteiger charge is -2.31. The van der Waals surface area contributed by atoms with Gasteiger partial charge in [-0.3, -0.25) is 0 Å². The number of nitrogens with zero attached hydrogens (tertiary/aromatic N) is 1. The van der Waals surface area contributed by atoms with Crippen LogP contribution in [0.2, 0.25) is 0 Å². The molecular formula is C12H13NO2. The van der Waals surface area contributed by atoms with Gasteiger partial charge in [0.25, 0.3) is 0 Å². The highest BCUT2D eigenvalue weighted by atomic mass is 16.4. The summed E-state index contributed by atoms with van der Waals surface area (Å²) in [6, 6.07) is 7.42. The lowest BCUT2D eigenvalue weighted by Crippen LogP contribution is -2.32. The van der Waals surface area contributed by atoms with E-state index >= 15 is 0 Å². The van der Waals surface area contributed by atoms with Crippen LogP contribution in [0, 0.1) is 0 Å². The maximum Gasteiger partial charge on any atom is 0.335 e. The number of benzene rings is 1. The molecule has 1 aliphatic rings. The summed E-state index contributed by atoms with van der Waals surface area (Å²) in [6.45, 7) is 0. The second-order valence-electron chi connectivity index (χ2n) is 3.69. The average Bonchev–Trinajstić information content (AvgIpc) is 2.15. The van der Waals surface area contributed by atoms with Crippen molar-refractivity contribution < 1.29 is 9.90 Å². The minimum absolute atomic E-state index is 0.330. The first-order valence-electron chi connectivity index (χ1n) is 4.91. The molecule has 1 aromatic carbocycles. The molecule has 1 unspecified atom stereocenters. The monoisotopic (exact) mass is 203 g/mol. The molecule has 0 fully saturated rings. The summed E-state index contributed by atoms with van der Waals surface area (Å²) < 4.78 is 0. The molecule has 1 aliphatic carbocycles. The zero-order chi connectivity index (χ0) is 10.8. The van der Waals surface area contributed by atoms with E-state index in [0.29, 0.717) is 11.6 Å². The van der Waals surface area contributed by atoms with E-state index in [1.165, 1.54) is 0 Å². The summed E-state index contributed by atoms with van der Waals surface area (Å²) in [4.78, 5) is 12.8. The molecule has 0 saturated heterocycles. The fourth-order valence-electron chi connectivity index (χ4n) is 1.58. The molecule has 3 heteroatoms. The second-order valence-corrected chi connectivity index (χ2v) is 3.69. The van der Waals surface area contributed by atoms with Crippen LogP contribution >= 0.6 is 0 Å². The third-order valence-corrected chi connectivity index (χ3v) is 2.75. The molecular weight excluding hydrogens is 190 g/mol. The van der Waals surface area contributed by atoms with Gasteiger partial charge in [-0.25, -0.2) is 4.79 Å². The van der Waals surface area contributed by atoms with Crippen molar-refractivity contribution in [2.75, 3.05) is 11.9 Å². The lowest BCUT2D eigenvalue weighted by atomic mass is 10.0. The summed E-state index contributed by atoms with van der Waals surface area (Å²) in [5.41, 5.74) is 1.38.